The first-order chi connectivity index (χ1) is 14.8. The van der Waals surface area contributed by atoms with E-state index in [0.717, 1.165) is 44.9 Å². The van der Waals surface area contributed by atoms with Crippen molar-refractivity contribution in [3.8, 4) is 0 Å². The van der Waals surface area contributed by atoms with Gasteiger partial charge in [-0.2, -0.15) is 57.1 Å². The number of allylic oxidation sites excluding steroid dienone is 2. The lowest BCUT2D eigenvalue weighted by Gasteiger charge is -2.39. The van der Waals surface area contributed by atoms with Crippen LogP contribution in [0.25, 0.3) is 0 Å². The summed E-state index contributed by atoms with van der Waals surface area (Å²) in [5, 5.41) is 0. The van der Waals surface area contributed by atoms with Gasteiger partial charge in [0.2, 0.25) is 0 Å². The average Bonchev–Trinajstić information content (AvgIpc) is 2.67. The highest BCUT2D eigenvalue weighted by molar-refractivity contribution is 5.15. The fraction of sp³-hybridized carbons (Fsp3) is 0.900. The maximum absolute atomic E-state index is 13.5. The first-order valence-electron chi connectivity index (χ1n) is 10.4. The van der Waals surface area contributed by atoms with Crippen LogP contribution < -0.4 is 0 Å². The largest absolute Gasteiger partial charge is 0.460 e. The molecular formula is C20H27F13. The molecule has 0 saturated carbocycles. The number of rotatable bonds is 16. The van der Waals surface area contributed by atoms with Crippen LogP contribution in [0.15, 0.2) is 12.2 Å². The monoisotopic (exact) mass is 514 g/mol. The van der Waals surface area contributed by atoms with E-state index in [4.69, 9.17) is 0 Å². The molecule has 0 nitrogen and oxygen atoms in total. The van der Waals surface area contributed by atoms with Gasteiger partial charge in [0.05, 0.1) is 0 Å². The van der Waals surface area contributed by atoms with Gasteiger partial charge in [-0.25, -0.2) is 0 Å². The van der Waals surface area contributed by atoms with E-state index < -0.39 is 41.9 Å². The number of hydrogen-bond acceptors (Lipinski definition) is 0. The van der Waals surface area contributed by atoms with Gasteiger partial charge in [-0.1, -0.05) is 70.8 Å². The van der Waals surface area contributed by atoms with E-state index in [1.807, 2.05) is 0 Å². The van der Waals surface area contributed by atoms with Crippen LogP contribution >= 0.6 is 0 Å². The topological polar surface area (TPSA) is 0 Å². The Morgan fingerprint density at radius 1 is 0.455 bits per heavy atom. The maximum atomic E-state index is 13.5. The Labute approximate surface area is 183 Å². The number of halogens is 13. The van der Waals surface area contributed by atoms with E-state index in [1.165, 1.54) is 0 Å². The fourth-order valence-electron chi connectivity index (χ4n) is 2.87. The van der Waals surface area contributed by atoms with Gasteiger partial charge in [-0.15, -0.1) is 0 Å². The summed E-state index contributed by atoms with van der Waals surface area (Å²) in [6.07, 6.45) is 0.109. The Morgan fingerprint density at radius 2 is 0.818 bits per heavy atom. The Bertz CT molecular complexity index is 591. The SMILES string of the molecule is CCCCCCCCCCCCC=CC(F)(F)C(F)(F)C(F)(F)C(F)(F)C(F)(F)C(F)(F)F. The second-order valence-corrected chi connectivity index (χ2v) is 7.79. The van der Waals surface area contributed by atoms with Gasteiger partial charge in [0, 0.05) is 0 Å². The normalized spacial score (nSPS) is 15.0. The number of hydrogen-bond donors (Lipinski definition) is 0. The molecule has 0 amide bonds. The molecule has 0 unspecified atom stereocenters. The smallest absolute Gasteiger partial charge is 0.195 e. The van der Waals surface area contributed by atoms with Gasteiger partial charge >= 0.3 is 35.8 Å². The van der Waals surface area contributed by atoms with E-state index in [2.05, 4.69) is 6.92 Å². The minimum Gasteiger partial charge on any atom is -0.195 e. The van der Waals surface area contributed by atoms with Crippen molar-refractivity contribution in [2.24, 2.45) is 0 Å². The summed E-state index contributed by atoms with van der Waals surface area (Å²) in [5.74, 6) is -36.6. The van der Waals surface area contributed by atoms with E-state index in [0.29, 0.717) is 12.8 Å². The van der Waals surface area contributed by atoms with Crippen LogP contribution in [0, 0.1) is 0 Å². The summed E-state index contributed by atoms with van der Waals surface area (Å²) in [4.78, 5) is 0. The number of unbranched alkanes of at least 4 members (excludes halogenated alkanes) is 10. The summed E-state index contributed by atoms with van der Waals surface area (Å²) in [5.41, 5.74) is 0. The molecule has 0 aromatic carbocycles. The first kappa shape index (κ1) is 31.8. The lowest BCUT2D eigenvalue weighted by atomic mass is 9.93. The highest BCUT2D eigenvalue weighted by Gasteiger charge is 2.90. The Hall–Kier alpha value is -1.17. The van der Waals surface area contributed by atoms with Crippen molar-refractivity contribution in [1.82, 2.24) is 0 Å². The summed E-state index contributed by atoms with van der Waals surface area (Å²) >= 11 is 0. The van der Waals surface area contributed by atoms with Crippen molar-refractivity contribution in [2.45, 2.75) is 113 Å². The molecule has 0 atom stereocenters. The van der Waals surface area contributed by atoms with Crippen molar-refractivity contribution in [3.05, 3.63) is 12.2 Å². The van der Waals surface area contributed by atoms with Crippen molar-refractivity contribution in [1.29, 1.82) is 0 Å². The molecule has 13 heteroatoms. The number of alkyl halides is 13. The average molecular weight is 514 g/mol. The third-order valence-electron chi connectivity index (χ3n) is 5.01. The molecule has 0 N–H and O–H groups in total. The molecule has 0 aliphatic carbocycles. The van der Waals surface area contributed by atoms with Gasteiger partial charge in [-0.05, 0) is 18.9 Å². The summed E-state index contributed by atoms with van der Waals surface area (Å²) in [6.45, 7) is 2.07. The predicted octanol–water partition coefficient (Wildman–Crippen LogP) is 9.59. The molecule has 0 heterocycles. The van der Waals surface area contributed by atoms with Crippen LogP contribution in [0.1, 0.15) is 77.6 Å². The molecule has 0 aliphatic rings. The van der Waals surface area contributed by atoms with Crippen LogP contribution in [0.3, 0.4) is 0 Å². The molecular weight excluding hydrogens is 487 g/mol. The minimum absolute atomic E-state index is 0.159. The van der Waals surface area contributed by atoms with Gasteiger partial charge in [0.25, 0.3) is 0 Å². The van der Waals surface area contributed by atoms with Crippen molar-refractivity contribution >= 4 is 0 Å². The van der Waals surface area contributed by atoms with E-state index in [1.54, 1.807) is 0 Å². The van der Waals surface area contributed by atoms with Crippen molar-refractivity contribution in [2.75, 3.05) is 0 Å². The van der Waals surface area contributed by atoms with E-state index in [-0.39, 0.29) is 18.9 Å². The quantitative estimate of drug-likeness (QED) is 0.109. The Balaban J connectivity index is 4.91. The Morgan fingerprint density at radius 3 is 1.21 bits per heavy atom. The zero-order chi connectivity index (χ0) is 26.2. The molecule has 0 fully saturated rings. The van der Waals surface area contributed by atoms with Crippen molar-refractivity contribution in [3.63, 3.8) is 0 Å². The lowest BCUT2D eigenvalue weighted by molar-refractivity contribution is -0.436. The van der Waals surface area contributed by atoms with Crippen LogP contribution in [0.4, 0.5) is 57.1 Å². The minimum atomic E-state index is -7.85. The van der Waals surface area contributed by atoms with Crippen LogP contribution in [0.2, 0.25) is 0 Å². The molecule has 198 valence electrons. The standard InChI is InChI=1S/C20H27F13/c1-2-3-4-5-6-7-8-9-10-11-12-13-14-15(21,22)16(23,24)17(25,26)18(27,28)19(29,30)20(31,32)33/h13-14H,2-12H2,1H3. The molecule has 0 aliphatic heterocycles. The molecule has 33 heavy (non-hydrogen) atoms. The zero-order valence-electron chi connectivity index (χ0n) is 17.8. The van der Waals surface area contributed by atoms with Gasteiger partial charge in [0.15, 0.2) is 0 Å². The van der Waals surface area contributed by atoms with Crippen LogP contribution in [0.5, 0.6) is 0 Å². The van der Waals surface area contributed by atoms with E-state index in [9.17, 15) is 57.1 Å². The molecule has 0 aromatic rings. The van der Waals surface area contributed by atoms with E-state index >= 15 is 0 Å². The molecule has 0 bridgehead atoms. The summed E-state index contributed by atoms with van der Waals surface area (Å²) in [7, 11) is 0. The fourth-order valence-corrected chi connectivity index (χ4v) is 2.87. The third kappa shape index (κ3) is 7.40. The van der Waals surface area contributed by atoms with Gasteiger partial charge in [-0.3, -0.25) is 0 Å². The van der Waals surface area contributed by atoms with Gasteiger partial charge in [0.1, 0.15) is 0 Å². The second-order valence-electron chi connectivity index (χ2n) is 7.79. The van der Waals surface area contributed by atoms with Gasteiger partial charge < -0.3 is 0 Å². The van der Waals surface area contributed by atoms with Crippen molar-refractivity contribution < 1.29 is 57.1 Å². The molecule has 0 saturated heterocycles. The highest BCUT2D eigenvalue weighted by Crippen LogP contribution is 2.60. The molecule has 0 radical (unpaired) electrons. The first-order valence-corrected chi connectivity index (χ1v) is 10.4. The lowest BCUT2D eigenvalue weighted by Crippen LogP contribution is -2.69. The molecule has 0 rings (SSSR count). The zero-order valence-corrected chi connectivity index (χ0v) is 17.8. The molecule has 0 spiro atoms. The summed E-state index contributed by atoms with van der Waals surface area (Å²) < 4.78 is 168. The van der Waals surface area contributed by atoms with Crippen LogP contribution in [-0.4, -0.2) is 35.8 Å². The second kappa shape index (κ2) is 12.0. The summed E-state index contributed by atoms with van der Waals surface area (Å²) in [6, 6.07) is 0. The predicted molar refractivity (Wildman–Crippen MR) is 96.4 cm³/mol. The Kier molecular flexibility index (Phi) is 11.6. The third-order valence-corrected chi connectivity index (χ3v) is 5.01. The maximum Gasteiger partial charge on any atom is 0.460 e. The highest BCUT2D eigenvalue weighted by atomic mass is 19.4. The van der Waals surface area contributed by atoms with Crippen LogP contribution in [-0.2, 0) is 0 Å². The molecule has 0 aromatic heterocycles.